The molecule has 0 bridgehead atoms. The highest BCUT2D eigenvalue weighted by Gasteiger charge is 2.12. The molecule has 21 heavy (non-hydrogen) atoms. The van der Waals surface area contributed by atoms with Gasteiger partial charge in [-0.3, -0.25) is 4.79 Å². The number of ether oxygens (including phenoxy) is 1. The van der Waals surface area contributed by atoms with Crippen molar-refractivity contribution in [2.75, 3.05) is 6.54 Å². The van der Waals surface area contributed by atoms with Crippen LogP contribution in [0.15, 0.2) is 36.5 Å². The smallest absolute Gasteiger partial charge is 0.269 e. The zero-order chi connectivity index (χ0) is 15.1. The Balaban J connectivity index is 1.97. The van der Waals surface area contributed by atoms with Crippen molar-refractivity contribution in [3.8, 4) is 5.75 Å². The van der Waals surface area contributed by atoms with Gasteiger partial charge in [0.1, 0.15) is 11.4 Å². The van der Waals surface area contributed by atoms with E-state index >= 15 is 0 Å². The second kappa shape index (κ2) is 7.69. The fourth-order valence-electron chi connectivity index (χ4n) is 1.79. The van der Waals surface area contributed by atoms with Crippen LogP contribution in [0.4, 0.5) is 0 Å². The Morgan fingerprint density at radius 2 is 2.19 bits per heavy atom. The number of hydrogen-bond acceptors (Lipinski definition) is 3. The van der Waals surface area contributed by atoms with Gasteiger partial charge in [0.05, 0.1) is 5.02 Å². The summed E-state index contributed by atoms with van der Waals surface area (Å²) in [5.41, 5.74) is 0.471. The average molecular weight is 308 g/mol. The van der Waals surface area contributed by atoms with E-state index in [-0.39, 0.29) is 12.6 Å². The number of carbonyl (C=O) groups is 1. The topological polar surface area (TPSA) is 56.2 Å². The van der Waals surface area contributed by atoms with Gasteiger partial charge in [0, 0.05) is 12.7 Å². The third-order valence-corrected chi connectivity index (χ3v) is 3.26. The van der Waals surface area contributed by atoms with Crippen LogP contribution in [0.3, 0.4) is 0 Å². The van der Waals surface area contributed by atoms with Crippen molar-refractivity contribution in [2.24, 2.45) is 0 Å². The highest BCUT2D eigenvalue weighted by Crippen LogP contribution is 2.23. The van der Waals surface area contributed by atoms with E-state index in [2.05, 4.69) is 17.3 Å². The molecule has 0 aliphatic rings. The number of benzene rings is 1. The van der Waals surface area contributed by atoms with E-state index < -0.39 is 0 Å². The quantitative estimate of drug-likeness (QED) is 0.800. The normalized spacial score (nSPS) is 10.4. The molecule has 0 fully saturated rings. The summed E-state index contributed by atoms with van der Waals surface area (Å²) in [7, 11) is 0. The van der Waals surface area contributed by atoms with E-state index in [1.165, 1.54) is 4.68 Å². The standard InChI is InChI=1S/C15H18ClN3O2/c1-2-3-9-17-15(20)13-8-10-18-19(13)11-21-14-7-5-4-6-12(14)16/h4-8,10H,2-3,9,11H2,1H3,(H,17,20). The molecule has 0 radical (unpaired) electrons. The first-order valence-electron chi connectivity index (χ1n) is 6.89. The average Bonchev–Trinajstić information content (AvgIpc) is 2.95. The van der Waals surface area contributed by atoms with Gasteiger partial charge in [-0.25, -0.2) is 4.68 Å². The molecule has 0 spiro atoms. The number of aromatic nitrogens is 2. The Labute approximate surface area is 128 Å². The van der Waals surface area contributed by atoms with Crippen LogP contribution in [0.25, 0.3) is 0 Å². The molecule has 1 aromatic carbocycles. The molecule has 0 saturated heterocycles. The lowest BCUT2D eigenvalue weighted by Crippen LogP contribution is -2.27. The number of nitrogens with zero attached hydrogens (tertiary/aromatic N) is 2. The highest BCUT2D eigenvalue weighted by molar-refractivity contribution is 6.32. The molecular weight excluding hydrogens is 290 g/mol. The molecule has 0 aliphatic carbocycles. The first kappa shape index (κ1) is 15.4. The maximum Gasteiger partial charge on any atom is 0.269 e. The summed E-state index contributed by atoms with van der Waals surface area (Å²) in [4.78, 5) is 12.0. The van der Waals surface area contributed by atoms with Gasteiger partial charge in [0.25, 0.3) is 5.91 Å². The monoisotopic (exact) mass is 307 g/mol. The maximum atomic E-state index is 12.0. The van der Waals surface area contributed by atoms with Crippen LogP contribution in [0.5, 0.6) is 5.75 Å². The lowest BCUT2D eigenvalue weighted by molar-refractivity contribution is 0.0932. The minimum atomic E-state index is -0.149. The summed E-state index contributed by atoms with van der Waals surface area (Å²) < 4.78 is 7.09. The van der Waals surface area contributed by atoms with E-state index in [0.717, 1.165) is 12.8 Å². The first-order chi connectivity index (χ1) is 10.2. The Kier molecular flexibility index (Phi) is 5.63. The fourth-order valence-corrected chi connectivity index (χ4v) is 1.98. The summed E-state index contributed by atoms with van der Waals surface area (Å²) in [6, 6.07) is 8.85. The molecule has 0 unspecified atom stereocenters. The molecule has 0 aliphatic heterocycles. The van der Waals surface area contributed by atoms with Crippen molar-refractivity contribution in [1.29, 1.82) is 0 Å². The summed E-state index contributed by atoms with van der Waals surface area (Å²) in [5, 5.41) is 7.48. The molecule has 0 saturated carbocycles. The number of unbranched alkanes of at least 4 members (excludes halogenated alkanes) is 1. The van der Waals surface area contributed by atoms with E-state index in [1.807, 2.05) is 12.1 Å². The van der Waals surface area contributed by atoms with Crippen molar-refractivity contribution in [3.05, 3.63) is 47.2 Å². The van der Waals surface area contributed by atoms with Gasteiger partial charge >= 0.3 is 0 Å². The van der Waals surface area contributed by atoms with Crippen molar-refractivity contribution >= 4 is 17.5 Å². The molecule has 6 heteroatoms. The maximum absolute atomic E-state index is 12.0. The number of halogens is 1. The van der Waals surface area contributed by atoms with Gasteiger partial charge in [-0.15, -0.1) is 0 Å². The van der Waals surface area contributed by atoms with Crippen LogP contribution in [-0.4, -0.2) is 22.2 Å². The number of nitrogens with one attached hydrogen (secondary N) is 1. The van der Waals surface area contributed by atoms with Crippen LogP contribution in [0, 0.1) is 0 Å². The van der Waals surface area contributed by atoms with Gasteiger partial charge in [0.2, 0.25) is 0 Å². The predicted octanol–water partition coefficient (Wildman–Crippen LogP) is 3.10. The molecule has 5 nitrogen and oxygen atoms in total. The summed E-state index contributed by atoms with van der Waals surface area (Å²) in [5.74, 6) is 0.413. The second-order valence-electron chi connectivity index (χ2n) is 4.53. The molecular formula is C15H18ClN3O2. The van der Waals surface area contributed by atoms with Crippen molar-refractivity contribution in [2.45, 2.75) is 26.5 Å². The molecule has 2 aromatic rings. The lowest BCUT2D eigenvalue weighted by Gasteiger charge is -2.10. The van der Waals surface area contributed by atoms with Gasteiger partial charge in [-0.05, 0) is 24.6 Å². The number of para-hydroxylation sites is 1. The van der Waals surface area contributed by atoms with Gasteiger partial charge in [0.15, 0.2) is 6.73 Å². The predicted molar refractivity (Wildman–Crippen MR) is 81.5 cm³/mol. The van der Waals surface area contributed by atoms with Crippen LogP contribution < -0.4 is 10.1 Å². The van der Waals surface area contributed by atoms with Gasteiger partial charge in [-0.2, -0.15) is 5.10 Å². The summed E-state index contributed by atoms with van der Waals surface area (Å²) >= 11 is 6.02. The number of amides is 1. The number of hydrogen-bond donors (Lipinski definition) is 1. The van der Waals surface area contributed by atoms with E-state index in [4.69, 9.17) is 16.3 Å². The second-order valence-corrected chi connectivity index (χ2v) is 4.94. The van der Waals surface area contributed by atoms with Crippen LogP contribution in [-0.2, 0) is 6.73 Å². The minimum absolute atomic E-state index is 0.132. The third-order valence-electron chi connectivity index (χ3n) is 2.94. The molecule has 112 valence electrons. The summed E-state index contributed by atoms with van der Waals surface area (Å²) in [6.45, 7) is 2.87. The SMILES string of the molecule is CCCCNC(=O)c1ccnn1COc1ccccc1Cl. The number of carbonyl (C=O) groups excluding carboxylic acids is 1. The largest absolute Gasteiger partial charge is 0.470 e. The molecule has 1 heterocycles. The minimum Gasteiger partial charge on any atom is -0.470 e. The zero-order valence-corrected chi connectivity index (χ0v) is 12.6. The molecule has 2 rings (SSSR count). The molecule has 0 atom stereocenters. The van der Waals surface area contributed by atoms with E-state index in [1.54, 1.807) is 24.4 Å². The van der Waals surface area contributed by atoms with Crippen LogP contribution in [0.2, 0.25) is 5.02 Å². The van der Waals surface area contributed by atoms with Crippen molar-refractivity contribution in [3.63, 3.8) is 0 Å². The van der Waals surface area contributed by atoms with Gasteiger partial charge in [-0.1, -0.05) is 37.1 Å². The first-order valence-corrected chi connectivity index (χ1v) is 7.27. The van der Waals surface area contributed by atoms with Gasteiger partial charge < -0.3 is 10.1 Å². The third kappa shape index (κ3) is 4.23. The Morgan fingerprint density at radius 1 is 1.38 bits per heavy atom. The Hall–Kier alpha value is -2.01. The van der Waals surface area contributed by atoms with Crippen molar-refractivity contribution in [1.82, 2.24) is 15.1 Å². The van der Waals surface area contributed by atoms with Crippen LogP contribution in [0.1, 0.15) is 30.3 Å². The molecule has 1 N–H and O–H groups in total. The van der Waals surface area contributed by atoms with Crippen molar-refractivity contribution < 1.29 is 9.53 Å². The zero-order valence-electron chi connectivity index (χ0n) is 11.9. The lowest BCUT2D eigenvalue weighted by atomic mass is 10.3. The Morgan fingerprint density at radius 3 is 2.95 bits per heavy atom. The van der Waals surface area contributed by atoms with Crippen LogP contribution >= 0.6 is 11.6 Å². The fraction of sp³-hybridized carbons (Fsp3) is 0.333. The summed E-state index contributed by atoms with van der Waals surface area (Å²) in [6.07, 6.45) is 3.57. The number of rotatable bonds is 7. The van der Waals surface area contributed by atoms with E-state index in [9.17, 15) is 4.79 Å². The van der Waals surface area contributed by atoms with E-state index in [0.29, 0.717) is 23.0 Å². The molecule has 1 aromatic heterocycles. The highest BCUT2D eigenvalue weighted by atomic mass is 35.5. The molecule has 1 amide bonds. The Bertz CT molecular complexity index is 598.